The highest BCUT2D eigenvalue weighted by Gasteiger charge is 2.37. The number of urea groups is 1. The van der Waals surface area contributed by atoms with Gasteiger partial charge in [-0.15, -0.1) is 5.10 Å². The molecule has 3 fully saturated rings. The Bertz CT molecular complexity index is 1680. The van der Waals surface area contributed by atoms with E-state index in [2.05, 4.69) is 25.6 Å². The zero-order valence-electron chi connectivity index (χ0n) is 27.0. The maximum Gasteiger partial charge on any atom is 0.418 e. The van der Waals surface area contributed by atoms with Crippen molar-refractivity contribution >= 4 is 29.2 Å². The number of nitrogens with one attached hydrogen (secondary N) is 3. The van der Waals surface area contributed by atoms with E-state index in [1.807, 2.05) is 30.3 Å². The minimum absolute atomic E-state index is 0.131. The SMILES string of the molecule is Nc1c(Cl)cc(C[C@@H](NC(=O)N2CCC(n3nc(-c4ccccc4)[nH]c3=O)CC2)C(=O)N2CCC(N3CCNCC3)CC2)cc1C(F)(F)F. The molecule has 12 nitrogen and oxygen atoms in total. The predicted octanol–water partition coefficient (Wildman–Crippen LogP) is 3.35. The van der Waals surface area contributed by atoms with E-state index in [0.717, 1.165) is 50.7 Å². The molecule has 3 aliphatic rings. The number of nitrogen functional groups attached to an aromatic ring is 1. The third-order valence-corrected chi connectivity index (χ3v) is 10.1. The maximum absolute atomic E-state index is 14.0. The first-order chi connectivity index (χ1) is 23.5. The van der Waals surface area contributed by atoms with E-state index in [4.69, 9.17) is 17.3 Å². The second-order valence-corrected chi connectivity index (χ2v) is 13.3. The van der Waals surface area contributed by atoms with E-state index in [9.17, 15) is 27.6 Å². The molecule has 5 N–H and O–H groups in total. The quantitative estimate of drug-likeness (QED) is 0.277. The number of alkyl halides is 3. The van der Waals surface area contributed by atoms with Gasteiger partial charge >= 0.3 is 17.9 Å². The molecular formula is C33H41ClF3N9O3. The molecule has 6 rings (SSSR count). The molecule has 4 heterocycles. The Labute approximate surface area is 286 Å². The van der Waals surface area contributed by atoms with Crippen LogP contribution in [0.4, 0.5) is 23.7 Å². The second-order valence-electron chi connectivity index (χ2n) is 12.9. The van der Waals surface area contributed by atoms with Crippen molar-refractivity contribution in [2.24, 2.45) is 0 Å². The molecule has 264 valence electrons. The van der Waals surface area contributed by atoms with Crippen LogP contribution in [-0.4, -0.2) is 106 Å². The van der Waals surface area contributed by atoms with Crippen molar-refractivity contribution in [1.29, 1.82) is 0 Å². The fraction of sp³-hybridized carbons (Fsp3) is 0.515. The normalized spacial score (nSPS) is 19.2. The number of likely N-dealkylation sites (tertiary alicyclic amines) is 2. The van der Waals surface area contributed by atoms with Gasteiger partial charge in [-0.05, 0) is 43.4 Å². The summed E-state index contributed by atoms with van der Waals surface area (Å²) in [6.45, 7) is 5.25. The summed E-state index contributed by atoms with van der Waals surface area (Å²) in [5.41, 5.74) is 4.55. The molecule has 1 aromatic heterocycles. The van der Waals surface area contributed by atoms with E-state index in [1.54, 1.807) is 9.80 Å². The molecule has 16 heteroatoms. The highest BCUT2D eigenvalue weighted by atomic mass is 35.5. The van der Waals surface area contributed by atoms with Gasteiger partial charge in [0.2, 0.25) is 5.91 Å². The van der Waals surface area contributed by atoms with Crippen LogP contribution >= 0.6 is 11.6 Å². The van der Waals surface area contributed by atoms with Gasteiger partial charge in [-0.2, -0.15) is 13.2 Å². The van der Waals surface area contributed by atoms with Gasteiger partial charge in [-0.3, -0.25) is 14.7 Å². The molecule has 3 amide bonds. The van der Waals surface area contributed by atoms with Gasteiger partial charge in [0.15, 0.2) is 5.82 Å². The average molecular weight is 704 g/mol. The van der Waals surface area contributed by atoms with Gasteiger partial charge in [0, 0.05) is 70.4 Å². The molecule has 3 aliphatic heterocycles. The third kappa shape index (κ3) is 8.05. The first-order valence-electron chi connectivity index (χ1n) is 16.7. The lowest BCUT2D eigenvalue weighted by Crippen LogP contribution is -2.57. The molecule has 1 atom stereocenters. The van der Waals surface area contributed by atoms with Gasteiger partial charge in [0.1, 0.15) is 6.04 Å². The zero-order valence-corrected chi connectivity index (χ0v) is 27.8. The first-order valence-corrected chi connectivity index (χ1v) is 17.0. The van der Waals surface area contributed by atoms with Crippen molar-refractivity contribution in [2.45, 2.75) is 56.4 Å². The third-order valence-electron chi connectivity index (χ3n) is 9.76. The fourth-order valence-corrected chi connectivity index (χ4v) is 7.29. The Balaban J connectivity index is 1.14. The van der Waals surface area contributed by atoms with Crippen LogP contribution in [0, 0.1) is 0 Å². The van der Waals surface area contributed by atoms with E-state index >= 15 is 0 Å². The van der Waals surface area contributed by atoms with Crippen molar-refractivity contribution in [3.8, 4) is 11.4 Å². The van der Waals surface area contributed by atoms with E-state index in [0.29, 0.717) is 50.9 Å². The maximum atomic E-state index is 14.0. The molecule has 0 radical (unpaired) electrons. The Morgan fingerprint density at radius 1 is 0.959 bits per heavy atom. The number of aromatic nitrogens is 3. The molecule has 3 aromatic rings. The lowest BCUT2D eigenvalue weighted by atomic mass is 9.98. The van der Waals surface area contributed by atoms with Crippen LogP contribution in [0.3, 0.4) is 0 Å². The van der Waals surface area contributed by atoms with Crippen molar-refractivity contribution in [1.82, 2.24) is 40.1 Å². The monoisotopic (exact) mass is 703 g/mol. The van der Waals surface area contributed by atoms with Gasteiger partial charge < -0.3 is 26.2 Å². The molecular weight excluding hydrogens is 663 g/mol. The Morgan fingerprint density at radius 2 is 1.59 bits per heavy atom. The Kier molecular flexibility index (Phi) is 10.5. The van der Waals surface area contributed by atoms with Crippen LogP contribution in [-0.2, 0) is 17.4 Å². The predicted molar refractivity (Wildman–Crippen MR) is 179 cm³/mol. The molecule has 0 unspecified atom stereocenters. The van der Waals surface area contributed by atoms with Gasteiger partial charge in [-0.1, -0.05) is 41.9 Å². The van der Waals surface area contributed by atoms with Crippen LogP contribution in [0.1, 0.15) is 42.9 Å². The number of nitrogens with two attached hydrogens (primary N) is 1. The van der Waals surface area contributed by atoms with Crippen molar-refractivity contribution in [3.63, 3.8) is 0 Å². The molecule has 3 saturated heterocycles. The number of halogens is 4. The lowest BCUT2D eigenvalue weighted by Gasteiger charge is -2.41. The number of carbonyl (C=O) groups excluding carboxylic acids is 2. The van der Waals surface area contributed by atoms with Crippen LogP contribution in [0.15, 0.2) is 47.3 Å². The topological polar surface area (TPSA) is 145 Å². The first kappa shape index (κ1) is 34.8. The molecule has 0 spiro atoms. The Hall–Kier alpha value is -4.08. The number of piperidine rings is 2. The summed E-state index contributed by atoms with van der Waals surface area (Å²) in [4.78, 5) is 48.8. The number of rotatable bonds is 7. The zero-order chi connectivity index (χ0) is 34.7. The summed E-state index contributed by atoms with van der Waals surface area (Å²) in [6.07, 6.45) is -2.51. The number of piperazine rings is 1. The van der Waals surface area contributed by atoms with Gasteiger partial charge in [-0.25, -0.2) is 14.3 Å². The Morgan fingerprint density at radius 3 is 2.24 bits per heavy atom. The van der Waals surface area contributed by atoms with E-state index in [1.165, 1.54) is 10.7 Å². The summed E-state index contributed by atoms with van der Waals surface area (Å²) in [7, 11) is 0. The number of amides is 3. The largest absolute Gasteiger partial charge is 0.418 e. The standard InChI is InChI=1S/C33H41ClF3N9O3/c34-26-19-21(18-25(28(26)38)33(35,36)37)20-27(30(47)44-12-6-23(7-13-44)43-16-10-39-11-17-43)40-31(48)45-14-8-24(9-15-45)46-32(49)41-29(42-46)22-4-2-1-3-5-22/h1-5,18-19,23-24,27,39H,6-17,20,38H2,(H,40,48)(H,41,42,49)/t27-/m1/s1. The number of hydrogen-bond donors (Lipinski definition) is 4. The number of H-pyrrole nitrogens is 1. The summed E-state index contributed by atoms with van der Waals surface area (Å²) in [5.74, 6) is 0.0977. The summed E-state index contributed by atoms with van der Waals surface area (Å²) in [6, 6.07) is 9.95. The lowest BCUT2D eigenvalue weighted by molar-refractivity contribution is -0.137. The molecule has 0 aliphatic carbocycles. The highest BCUT2D eigenvalue weighted by molar-refractivity contribution is 6.33. The number of benzene rings is 2. The molecule has 2 aromatic carbocycles. The second kappa shape index (κ2) is 14.8. The smallest absolute Gasteiger partial charge is 0.397 e. The number of anilines is 1. The van der Waals surface area contributed by atoms with Crippen LogP contribution < -0.4 is 22.1 Å². The molecule has 49 heavy (non-hydrogen) atoms. The van der Waals surface area contributed by atoms with Gasteiger partial charge in [0.25, 0.3) is 0 Å². The summed E-state index contributed by atoms with van der Waals surface area (Å²) in [5, 5.41) is 10.4. The highest BCUT2D eigenvalue weighted by Crippen LogP contribution is 2.38. The van der Waals surface area contributed by atoms with Crippen molar-refractivity contribution in [3.05, 3.63) is 69.1 Å². The van der Waals surface area contributed by atoms with E-state index < -0.39 is 29.5 Å². The van der Waals surface area contributed by atoms with Crippen LogP contribution in [0.2, 0.25) is 5.02 Å². The fourth-order valence-electron chi connectivity index (χ4n) is 7.05. The van der Waals surface area contributed by atoms with Crippen LogP contribution in [0.25, 0.3) is 11.4 Å². The molecule has 0 bridgehead atoms. The van der Waals surface area contributed by atoms with Gasteiger partial charge in [0.05, 0.1) is 22.3 Å². The van der Waals surface area contributed by atoms with Crippen molar-refractivity contribution < 1.29 is 22.8 Å². The number of carbonyl (C=O) groups is 2. The molecule has 0 saturated carbocycles. The minimum Gasteiger partial charge on any atom is -0.397 e. The summed E-state index contributed by atoms with van der Waals surface area (Å²) >= 11 is 6.11. The van der Waals surface area contributed by atoms with Crippen molar-refractivity contribution in [2.75, 3.05) is 58.1 Å². The van der Waals surface area contributed by atoms with Crippen LogP contribution in [0.5, 0.6) is 0 Å². The summed E-state index contributed by atoms with van der Waals surface area (Å²) < 4.78 is 42.8. The number of nitrogens with zero attached hydrogens (tertiary/aromatic N) is 5. The minimum atomic E-state index is -4.75. The average Bonchev–Trinajstić information content (AvgIpc) is 3.51. The number of hydrogen-bond acceptors (Lipinski definition) is 7. The number of aromatic amines is 1. The van der Waals surface area contributed by atoms with E-state index in [-0.39, 0.29) is 34.6 Å².